The third kappa shape index (κ3) is 7.49. The number of phenolic OH excluding ortho intramolecular Hbond substituents is 1. The molecule has 2 atom stereocenters. The molecule has 2 aromatic rings. The first-order valence-electron chi connectivity index (χ1n) is 13.3. The standard InChI is InChI=1S/C30H41N3O5/c1-19(2)31-27(35)25(23-17-10-12-20(3)26(23)34)33(22-15-11-16-22)28(36)24(18-21-13-8-7-9-14-21)32-29(37)38-30(4,5)6/h7-10,12-14,17,19,22,24-25,34H,11,15-16,18H2,1-6H3,(H,31,35)(H,32,37). The Balaban J connectivity index is 2.07. The lowest BCUT2D eigenvalue weighted by Crippen LogP contribution is -2.58. The van der Waals surface area contributed by atoms with Gasteiger partial charge in [0.05, 0.1) is 0 Å². The van der Waals surface area contributed by atoms with E-state index in [2.05, 4.69) is 10.6 Å². The summed E-state index contributed by atoms with van der Waals surface area (Å²) in [5, 5.41) is 16.7. The smallest absolute Gasteiger partial charge is 0.408 e. The van der Waals surface area contributed by atoms with Crippen molar-refractivity contribution in [1.29, 1.82) is 0 Å². The first-order valence-corrected chi connectivity index (χ1v) is 13.3. The number of rotatable bonds is 9. The van der Waals surface area contributed by atoms with Crippen LogP contribution < -0.4 is 10.6 Å². The number of para-hydroxylation sites is 1. The highest BCUT2D eigenvalue weighted by Gasteiger charge is 2.43. The number of hydrogen-bond donors (Lipinski definition) is 3. The molecule has 3 N–H and O–H groups in total. The van der Waals surface area contributed by atoms with Crippen LogP contribution >= 0.6 is 0 Å². The summed E-state index contributed by atoms with van der Waals surface area (Å²) in [5.41, 5.74) is 1.08. The maximum Gasteiger partial charge on any atom is 0.408 e. The normalized spacial score (nSPS) is 15.2. The number of alkyl carbamates (subject to hydrolysis) is 1. The Morgan fingerprint density at radius 1 is 1.03 bits per heavy atom. The van der Waals surface area contributed by atoms with Crippen LogP contribution in [0.1, 0.15) is 76.6 Å². The molecular formula is C30H41N3O5. The SMILES string of the molecule is Cc1cccc(C(C(=O)NC(C)C)N(C(=O)C(Cc2ccccc2)NC(=O)OC(C)(C)C)C2CCC2)c1O. The van der Waals surface area contributed by atoms with Gasteiger partial charge in [0, 0.05) is 24.1 Å². The quantitative estimate of drug-likeness (QED) is 0.438. The van der Waals surface area contributed by atoms with Crippen molar-refractivity contribution in [2.24, 2.45) is 0 Å². The number of carbonyl (C=O) groups is 3. The molecule has 8 heteroatoms. The van der Waals surface area contributed by atoms with Gasteiger partial charge in [-0.3, -0.25) is 9.59 Å². The number of hydrogen-bond acceptors (Lipinski definition) is 5. The number of benzene rings is 2. The van der Waals surface area contributed by atoms with Gasteiger partial charge in [0.2, 0.25) is 11.8 Å². The highest BCUT2D eigenvalue weighted by atomic mass is 16.6. The van der Waals surface area contributed by atoms with Gasteiger partial charge in [-0.2, -0.15) is 0 Å². The molecule has 0 spiro atoms. The van der Waals surface area contributed by atoms with E-state index in [1.165, 1.54) is 0 Å². The fourth-order valence-electron chi connectivity index (χ4n) is 4.55. The van der Waals surface area contributed by atoms with Crippen LogP contribution in [-0.2, 0) is 20.7 Å². The molecule has 3 rings (SSSR count). The third-order valence-corrected chi connectivity index (χ3v) is 6.52. The van der Waals surface area contributed by atoms with Crippen molar-refractivity contribution in [3.05, 3.63) is 65.2 Å². The highest BCUT2D eigenvalue weighted by Crippen LogP contribution is 2.38. The molecule has 0 aliphatic heterocycles. The summed E-state index contributed by atoms with van der Waals surface area (Å²) in [6, 6.07) is 12.2. The van der Waals surface area contributed by atoms with Crippen molar-refractivity contribution in [2.75, 3.05) is 0 Å². The minimum Gasteiger partial charge on any atom is -0.507 e. The van der Waals surface area contributed by atoms with Gasteiger partial charge >= 0.3 is 6.09 Å². The third-order valence-electron chi connectivity index (χ3n) is 6.52. The molecule has 0 heterocycles. The summed E-state index contributed by atoms with van der Waals surface area (Å²) < 4.78 is 5.48. The second kappa shape index (κ2) is 12.3. The summed E-state index contributed by atoms with van der Waals surface area (Å²) in [7, 11) is 0. The second-order valence-corrected chi connectivity index (χ2v) is 11.3. The van der Waals surface area contributed by atoms with Gasteiger partial charge in [0.15, 0.2) is 0 Å². The predicted molar refractivity (Wildman–Crippen MR) is 147 cm³/mol. The van der Waals surface area contributed by atoms with E-state index in [1.54, 1.807) is 50.8 Å². The number of aromatic hydroxyl groups is 1. The molecule has 1 aliphatic rings. The van der Waals surface area contributed by atoms with Gasteiger partial charge < -0.3 is 25.4 Å². The van der Waals surface area contributed by atoms with Crippen molar-refractivity contribution in [1.82, 2.24) is 15.5 Å². The van der Waals surface area contributed by atoms with E-state index in [0.717, 1.165) is 24.8 Å². The zero-order chi connectivity index (χ0) is 28.0. The lowest BCUT2D eigenvalue weighted by Gasteiger charge is -2.44. The summed E-state index contributed by atoms with van der Waals surface area (Å²) in [6.07, 6.45) is 1.90. The number of ether oxygens (including phenoxy) is 1. The average molecular weight is 524 g/mol. The maximum absolute atomic E-state index is 14.4. The number of carbonyl (C=O) groups excluding carboxylic acids is 3. The van der Waals surface area contributed by atoms with Gasteiger partial charge in [-0.1, -0.05) is 48.5 Å². The summed E-state index contributed by atoms with van der Waals surface area (Å²) in [5.74, 6) is -0.792. The van der Waals surface area contributed by atoms with Gasteiger partial charge in [0.25, 0.3) is 0 Å². The zero-order valence-electron chi connectivity index (χ0n) is 23.3. The van der Waals surface area contributed by atoms with Crippen LogP contribution in [-0.4, -0.2) is 51.6 Å². The fourth-order valence-corrected chi connectivity index (χ4v) is 4.55. The van der Waals surface area contributed by atoms with Crippen LogP contribution in [0, 0.1) is 6.92 Å². The zero-order valence-corrected chi connectivity index (χ0v) is 23.3. The van der Waals surface area contributed by atoms with E-state index in [4.69, 9.17) is 4.74 Å². The number of nitrogens with zero attached hydrogens (tertiary/aromatic N) is 1. The number of phenols is 1. The Kier molecular flexibility index (Phi) is 9.41. The molecule has 206 valence electrons. The Hall–Kier alpha value is -3.55. The largest absolute Gasteiger partial charge is 0.507 e. The number of nitrogens with one attached hydrogen (secondary N) is 2. The van der Waals surface area contributed by atoms with Gasteiger partial charge in [0.1, 0.15) is 23.4 Å². The minimum atomic E-state index is -1.06. The number of aryl methyl sites for hydroxylation is 1. The van der Waals surface area contributed by atoms with Crippen molar-refractivity contribution >= 4 is 17.9 Å². The molecule has 0 aromatic heterocycles. The van der Waals surface area contributed by atoms with Crippen LogP contribution in [0.4, 0.5) is 4.79 Å². The Morgan fingerprint density at radius 3 is 2.24 bits per heavy atom. The molecule has 38 heavy (non-hydrogen) atoms. The lowest BCUT2D eigenvalue weighted by molar-refractivity contribution is -0.147. The van der Waals surface area contributed by atoms with Gasteiger partial charge in [-0.05, 0) is 71.9 Å². The molecule has 1 aliphatic carbocycles. The lowest BCUT2D eigenvalue weighted by atomic mass is 9.87. The van der Waals surface area contributed by atoms with E-state index in [-0.39, 0.29) is 30.2 Å². The van der Waals surface area contributed by atoms with Crippen molar-refractivity contribution in [2.45, 2.75) is 97.0 Å². The molecule has 8 nitrogen and oxygen atoms in total. The van der Waals surface area contributed by atoms with E-state index in [0.29, 0.717) is 11.1 Å². The monoisotopic (exact) mass is 523 g/mol. The molecule has 1 fully saturated rings. The highest BCUT2D eigenvalue weighted by molar-refractivity contribution is 5.93. The molecule has 0 saturated heterocycles. The van der Waals surface area contributed by atoms with Gasteiger partial charge in [-0.15, -0.1) is 0 Å². The van der Waals surface area contributed by atoms with Crippen molar-refractivity contribution in [3.8, 4) is 5.75 Å². The molecule has 0 bridgehead atoms. The Labute approximate surface area is 225 Å². The molecule has 3 amide bonds. The van der Waals surface area contributed by atoms with E-state index in [1.807, 2.05) is 44.2 Å². The van der Waals surface area contributed by atoms with E-state index < -0.39 is 29.7 Å². The van der Waals surface area contributed by atoms with Crippen LogP contribution in [0.15, 0.2) is 48.5 Å². The predicted octanol–water partition coefficient (Wildman–Crippen LogP) is 4.78. The second-order valence-electron chi connectivity index (χ2n) is 11.3. The molecule has 2 unspecified atom stereocenters. The summed E-state index contributed by atoms with van der Waals surface area (Å²) in [6.45, 7) is 10.7. The number of amides is 3. The van der Waals surface area contributed by atoms with Crippen molar-refractivity contribution in [3.63, 3.8) is 0 Å². The first kappa shape index (κ1) is 29.0. The summed E-state index contributed by atoms with van der Waals surface area (Å²) >= 11 is 0. The van der Waals surface area contributed by atoms with Crippen LogP contribution in [0.2, 0.25) is 0 Å². The molecule has 2 aromatic carbocycles. The van der Waals surface area contributed by atoms with E-state index in [9.17, 15) is 19.5 Å². The summed E-state index contributed by atoms with van der Waals surface area (Å²) in [4.78, 5) is 42.5. The van der Waals surface area contributed by atoms with Crippen LogP contribution in [0.5, 0.6) is 5.75 Å². The Morgan fingerprint density at radius 2 is 1.68 bits per heavy atom. The topological polar surface area (TPSA) is 108 Å². The molecule has 1 saturated carbocycles. The molecule has 0 radical (unpaired) electrons. The van der Waals surface area contributed by atoms with Crippen LogP contribution in [0.25, 0.3) is 0 Å². The van der Waals surface area contributed by atoms with Crippen LogP contribution in [0.3, 0.4) is 0 Å². The average Bonchev–Trinajstić information content (AvgIpc) is 2.78. The fraction of sp³-hybridized carbons (Fsp3) is 0.500. The minimum absolute atomic E-state index is 0.0201. The Bertz CT molecular complexity index is 1120. The maximum atomic E-state index is 14.4. The van der Waals surface area contributed by atoms with E-state index >= 15 is 0 Å². The first-order chi connectivity index (χ1) is 17.9. The van der Waals surface area contributed by atoms with Crippen molar-refractivity contribution < 1.29 is 24.2 Å². The van der Waals surface area contributed by atoms with Gasteiger partial charge in [-0.25, -0.2) is 4.79 Å². The molecular weight excluding hydrogens is 482 g/mol.